The van der Waals surface area contributed by atoms with E-state index in [1.54, 1.807) is 36.4 Å². The topological polar surface area (TPSA) is 54.5 Å². The number of hydrogen-bond acceptors (Lipinski definition) is 3. The first kappa shape index (κ1) is 15.2. The average Bonchev–Trinajstić information content (AvgIpc) is 2.55. The number of rotatable bonds is 3. The van der Waals surface area contributed by atoms with Crippen molar-refractivity contribution in [3.63, 3.8) is 0 Å². The second-order valence-electron chi connectivity index (χ2n) is 5.09. The minimum absolute atomic E-state index is 0.238. The first-order chi connectivity index (χ1) is 10.5. The van der Waals surface area contributed by atoms with Gasteiger partial charge in [0.2, 0.25) is 0 Å². The quantitative estimate of drug-likeness (QED) is 0.866. The molecule has 0 bridgehead atoms. The van der Waals surface area contributed by atoms with Gasteiger partial charge in [-0.2, -0.15) is 0 Å². The summed E-state index contributed by atoms with van der Waals surface area (Å²) in [5.41, 5.74) is 1.62. The van der Waals surface area contributed by atoms with Crippen LogP contribution in [-0.2, 0) is 27.2 Å². The molecule has 4 nitrogen and oxygen atoms in total. The Bertz CT molecular complexity index is 814. The van der Waals surface area contributed by atoms with Gasteiger partial charge in [-0.1, -0.05) is 31.2 Å². The van der Waals surface area contributed by atoms with Crippen molar-refractivity contribution in [1.29, 1.82) is 0 Å². The predicted molar refractivity (Wildman–Crippen MR) is 88.1 cm³/mol. The van der Waals surface area contributed by atoms with E-state index in [1.807, 2.05) is 19.1 Å². The van der Waals surface area contributed by atoms with Gasteiger partial charge >= 0.3 is 0 Å². The molecule has 2 aromatic carbocycles. The molecule has 0 fully saturated rings. The molecule has 1 unspecified atom stereocenters. The lowest BCUT2D eigenvalue weighted by atomic mass is 10.2. The van der Waals surface area contributed by atoms with E-state index in [-0.39, 0.29) is 11.4 Å². The second kappa shape index (κ2) is 5.85. The molecular formula is C16H17NO3S2. The van der Waals surface area contributed by atoms with E-state index in [0.29, 0.717) is 16.3 Å². The number of nitrogens with zero attached hydrogens (tertiary/aromatic N) is 1. The van der Waals surface area contributed by atoms with E-state index in [1.165, 1.54) is 4.31 Å². The summed E-state index contributed by atoms with van der Waals surface area (Å²) in [7, 11) is -4.76. The van der Waals surface area contributed by atoms with Gasteiger partial charge in [-0.3, -0.25) is 8.51 Å². The van der Waals surface area contributed by atoms with Gasteiger partial charge in [0.15, 0.2) is 0 Å². The van der Waals surface area contributed by atoms with Crippen LogP contribution in [-0.4, -0.2) is 24.9 Å². The molecule has 1 aliphatic rings. The van der Waals surface area contributed by atoms with Gasteiger partial charge in [-0.05, 0) is 36.2 Å². The van der Waals surface area contributed by atoms with E-state index in [0.717, 1.165) is 12.0 Å². The van der Waals surface area contributed by atoms with Crippen LogP contribution in [0.2, 0.25) is 0 Å². The zero-order valence-corrected chi connectivity index (χ0v) is 13.9. The molecule has 0 aliphatic carbocycles. The highest BCUT2D eigenvalue weighted by Crippen LogP contribution is 2.32. The van der Waals surface area contributed by atoms with Crippen molar-refractivity contribution < 1.29 is 12.6 Å². The third-order valence-corrected chi connectivity index (χ3v) is 7.00. The molecule has 0 saturated carbocycles. The molecule has 0 saturated heterocycles. The van der Waals surface area contributed by atoms with Crippen LogP contribution in [0.3, 0.4) is 0 Å². The van der Waals surface area contributed by atoms with Crippen LogP contribution in [0.25, 0.3) is 0 Å². The average molecular weight is 335 g/mol. The monoisotopic (exact) mass is 335 g/mol. The van der Waals surface area contributed by atoms with Crippen LogP contribution < -0.4 is 4.31 Å². The minimum atomic E-state index is -3.62. The zero-order valence-electron chi connectivity index (χ0n) is 12.2. The Morgan fingerprint density at radius 1 is 1.09 bits per heavy atom. The molecule has 2 aromatic rings. The number of aryl methyl sites for hydroxylation is 1. The Hall–Kier alpha value is -1.66. The van der Waals surface area contributed by atoms with Crippen molar-refractivity contribution in [3.05, 3.63) is 54.1 Å². The molecule has 0 radical (unpaired) electrons. The fourth-order valence-electron chi connectivity index (χ4n) is 2.53. The van der Waals surface area contributed by atoms with Crippen molar-refractivity contribution >= 4 is 26.5 Å². The summed E-state index contributed by atoms with van der Waals surface area (Å²) in [5, 5.41) is 0. The third-order valence-electron chi connectivity index (χ3n) is 3.78. The Morgan fingerprint density at radius 3 is 2.45 bits per heavy atom. The van der Waals surface area contributed by atoms with Crippen molar-refractivity contribution in [1.82, 2.24) is 0 Å². The van der Waals surface area contributed by atoms with E-state index in [2.05, 4.69) is 0 Å². The summed E-state index contributed by atoms with van der Waals surface area (Å²) >= 11 is 0. The van der Waals surface area contributed by atoms with Crippen molar-refractivity contribution in [2.24, 2.45) is 0 Å². The maximum absolute atomic E-state index is 12.9. The maximum atomic E-state index is 12.9. The van der Waals surface area contributed by atoms with Crippen LogP contribution in [0.1, 0.15) is 12.5 Å². The highest BCUT2D eigenvalue weighted by molar-refractivity contribution is 7.93. The van der Waals surface area contributed by atoms with Gasteiger partial charge in [0.05, 0.1) is 26.3 Å². The van der Waals surface area contributed by atoms with Gasteiger partial charge in [0.1, 0.15) is 0 Å². The fraction of sp³-hybridized carbons (Fsp3) is 0.250. The highest BCUT2D eigenvalue weighted by Gasteiger charge is 2.31. The summed E-state index contributed by atoms with van der Waals surface area (Å²) in [5.74, 6) is 0.323. The molecule has 0 spiro atoms. The van der Waals surface area contributed by atoms with Crippen LogP contribution in [0.15, 0.2) is 58.3 Å². The number of sulfonamides is 1. The van der Waals surface area contributed by atoms with E-state index < -0.39 is 20.8 Å². The van der Waals surface area contributed by atoms with Crippen molar-refractivity contribution in [2.75, 3.05) is 16.6 Å². The number of benzene rings is 2. The predicted octanol–water partition coefficient (Wildman–Crippen LogP) is 2.57. The Labute approximate surface area is 133 Å². The Balaban J connectivity index is 2.06. The molecule has 3 rings (SSSR count). The standard InChI is InChI=1S/C16H17NO3S2/c1-2-13-7-9-14(10-8-13)22(19,20)17-11-12-21(18)16-6-4-3-5-15(16)17/h3-10H,2,11-12H2,1H3. The van der Waals surface area contributed by atoms with Crippen LogP contribution in [0, 0.1) is 0 Å². The van der Waals surface area contributed by atoms with Gasteiger partial charge in [-0.25, -0.2) is 8.42 Å². The molecular weight excluding hydrogens is 318 g/mol. The largest absolute Gasteiger partial charge is 0.264 e. The SMILES string of the molecule is CCc1ccc(S(=O)(=O)N2CCS(=O)c3ccccc32)cc1. The molecule has 1 atom stereocenters. The first-order valence-electron chi connectivity index (χ1n) is 7.13. The van der Waals surface area contributed by atoms with E-state index in [4.69, 9.17) is 0 Å². The Morgan fingerprint density at radius 2 is 1.77 bits per heavy atom. The maximum Gasteiger partial charge on any atom is 0.264 e. The summed E-state index contributed by atoms with van der Waals surface area (Å²) in [6, 6.07) is 13.9. The van der Waals surface area contributed by atoms with E-state index >= 15 is 0 Å². The molecule has 116 valence electrons. The highest BCUT2D eigenvalue weighted by atomic mass is 32.2. The molecule has 1 aliphatic heterocycles. The van der Waals surface area contributed by atoms with Gasteiger partial charge in [-0.15, -0.1) is 0 Å². The lowest BCUT2D eigenvalue weighted by molar-refractivity contribution is 0.591. The van der Waals surface area contributed by atoms with Gasteiger partial charge in [0.25, 0.3) is 10.0 Å². The third kappa shape index (κ3) is 2.57. The molecule has 6 heteroatoms. The number of anilines is 1. The lowest BCUT2D eigenvalue weighted by Gasteiger charge is -2.29. The zero-order chi connectivity index (χ0) is 15.7. The number of fused-ring (bicyclic) bond motifs is 1. The fourth-order valence-corrected chi connectivity index (χ4v) is 5.39. The van der Waals surface area contributed by atoms with Crippen molar-refractivity contribution in [3.8, 4) is 0 Å². The number of hydrogen-bond donors (Lipinski definition) is 0. The number of para-hydroxylation sites is 1. The van der Waals surface area contributed by atoms with E-state index in [9.17, 15) is 12.6 Å². The normalized spacial score (nSPS) is 18.0. The van der Waals surface area contributed by atoms with Crippen LogP contribution >= 0.6 is 0 Å². The smallest absolute Gasteiger partial charge is 0.264 e. The summed E-state index contributed by atoms with van der Waals surface area (Å²) in [6.07, 6.45) is 0.867. The lowest BCUT2D eigenvalue weighted by Crippen LogP contribution is -2.38. The first-order valence-corrected chi connectivity index (χ1v) is 9.89. The minimum Gasteiger partial charge on any atom is -0.264 e. The van der Waals surface area contributed by atoms with Gasteiger partial charge < -0.3 is 0 Å². The summed E-state index contributed by atoms with van der Waals surface area (Å²) in [4.78, 5) is 0.856. The molecule has 0 N–H and O–H groups in total. The van der Waals surface area contributed by atoms with Gasteiger partial charge in [0, 0.05) is 12.3 Å². The second-order valence-corrected chi connectivity index (χ2v) is 8.49. The van der Waals surface area contributed by atoms with Crippen LogP contribution in [0.5, 0.6) is 0 Å². The molecule has 0 amide bonds. The molecule has 1 heterocycles. The Kier molecular flexibility index (Phi) is 4.06. The molecule has 22 heavy (non-hydrogen) atoms. The van der Waals surface area contributed by atoms with Crippen LogP contribution in [0.4, 0.5) is 5.69 Å². The molecule has 0 aromatic heterocycles. The summed E-state index contributed by atoms with van der Waals surface area (Å²) in [6.45, 7) is 2.27. The van der Waals surface area contributed by atoms with Crippen molar-refractivity contribution in [2.45, 2.75) is 23.1 Å². The summed E-state index contributed by atoms with van der Waals surface area (Å²) < 4.78 is 39.2.